The highest BCUT2D eigenvalue weighted by Crippen LogP contribution is 2.39. The molecule has 0 aromatic carbocycles. The van der Waals surface area contributed by atoms with Crippen molar-refractivity contribution in [2.45, 2.75) is 50.4 Å². The van der Waals surface area contributed by atoms with Gasteiger partial charge < -0.3 is 14.7 Å². The van der Waals surface area contributed by atoms with Crippen LogP contribution in [0.4, 0.5) is 0 Å². The Hall–Kier alpha value is -0.940. The monoisotopic (exact) mass is 290 g/mol. The van der Waals surface area contributed by atoms with E-state index >= 15 is 0 Å². The number of rotatable bonds is 4. The smallest absolute Gasteiger partial charge is 0.229 e. The summed E-state index contributed by atoms with van der Waals surface area (Å²) in [6, 6.07) is 0. The van der Waals surface area contributed by atoms with E-state index in [-0.39, 0.29) is 0 Å². The second-order valence-electron chi connectivity index (χ2n) is 7.05. The van der Waals surface area contributed by atoms with Crippen LogP contribution in [0.1, 0.15) is 62.1 Å². The summed E-state index contributed by atoms with van der Waals surface area (Å²) >= 11 is 0. The molecule has 5 nitrogen and oxygen atoms in total. The molecular weight excluding hydrogens is 264 g/mol. The van der Waals surface area contributed by atoms with Crippen LogP contribution in [0, 0.1) is 5.92 Å². The van der Waals surface area contributed by atoms with Gasteiger partial charge in [0.25, 0.3) is 0 Å². The summed E-state index contributed by atoms with van der Waals surface area (Å²) < 4.78 is 5.41. The summed E-state index contributed by atoms with van der Waals surface area (Å²) in [5.41, 5.74) is 0. The molecule has 3 aliphatic rings. The van der Waals surface area contributed by atoms with Crippen molar-refractivity contribution in [1.82, 2.24) is 20.4 Å². The number of aromatic nitrogens is 2. The van der Waals surface area contributed by atoms with Gasteiger partial charge in [0.15, 0.2) is 5.82 Å². The number of piperidine rings is 2. The van der Waals surface area contributed by atoms with Crippen molar-refractivity contribution < 1.29 is 4.52 Å². The Kier molecular flexibility index (Phi) is 3.95. The van der Waals surface area contributed by atoms with Crippen molar-refractivity contribution in [2.75, 3.05) is 32.7 Å². The van der Waals surface area contributed by atoms with Crippen LogP contribution >= 0.6 is 0 Å². The molecule has 5 heteroatoms. The van der Waals surface area contributed by atoms with E-state index in [2.05, 4.69) is 20.4 Å². The number of nitrogens with one attached hydrogen (secondary N) is 1. The largest absolute Gasteiger partial charge is 0.339 e. The maximum absolute atomic E-state index is 5.41. The zero-order chi connectivity index (χ0) is 14.1. The first-order valence-electron chi connectivity index (χ1n) is 8.65. The molecule has 1 aromatic rings. The van der Waals surface area contributed by atoms with Gasteiger partial charge in [0.05, 0.1) is 0 Å². The minimum Gasteiger partial charge on any atom is -0.339 e. The highest BCUT2D eigenvalue weighted by Gasteiger charge is 2.32. The molecule has 2 saturated heterocycles. The van der Waals surface area contributed by atoms with E-state index in [4.69, 9.17) is 4.52 Å². The molecule has 0 spiro atoms. The van der Waals surface area contributed by atoms with E-state index in [9.17, 15) is 0 Å². The van der Waals surface area contributed by atoms with Crippen molar-refractivity contribution >= 4 is 0 Å². The number of nitrogens with zero attached hydrogens (tertiary/aromatic N) is 3. The third-order valence-corrected chi connectivity index (χ3v) is 5.25. The molecule has 116 valence electrons. The number of hydrogen-bond acceptors (Lipinski definition) is 5. The third kappa shape index (κ3) is 3.29. The van der Waals surface area contributed by atoms with Gasteiger partial charge in [0.2, 0.25) is 5.89 Å². The molecule has 3 fully saturated rings. The third-order valence-electron chi connectivity index (χ3n) is 5.25. The highest BCUT2D eigenvalue weighted by molar-refractivity contribution is 5.05. The Labute approximate surface area is 126 Å². The fourth-order valence-electron chi connectivity index (χ4n) is 3.73. The highest BCUT2D eigenvalue weighted by atomic mass is 16.5. The topological polar surface area (TPSA) is 54.2 Å². The standard InChI is InChI=1S/C16H26N4O/c1-2-12(10-17-7-1)11-20-8-5-13(6-9-20)15-18-16(21-19-15)14-3-4-14/h12-14,17H,1-11H2. The van der Waals surface area contributed by atoms with Gasteiger partial charge in [0, 0.05) is 18.4 Å². The summed E-state index contributed by atoms with van der Waals surface area (Å²) in [7, 11) is 0. The van der Waals surface area contributed by atoms with E-state index in [1.807, 2.05) is 0 Å². The van der Waals surface area contributed by atoms with E-state index in [0.29, 0.717) is 11.8 Å². The Bertz CT molecular complexity index is 457. The lowest BCUT2D eigenvalue weighted by Gasteiger charge is -2.34. The first kappa shape index (κ1) is 13.7. The first-order chi connectivity index (χ1) is 10.4. The maximum Gasteiger partial charge on any atom is 0.229 e. The summed E-state index contributed by atoms with van der Waals surface area (Å²) in [6.45, 7) is 6.05. The van der Waals surface area contributed by atoms with E-state index in [1.54, 1.807) is 0 Å². The maximum atomic E-state index is 5.41. The van der Waals surface area contributed by atoms with Crippen molar-refractivity contribution in [1.29, 1.82) is 0 Å². The normalized spacial score (nSPS) is 28.9. The van der Waals surface area contributed by atoms with Gasteiger partial charge in [0.1, 0.15) is 0 Å². The lowest BCUT2D eigenvalue weighted by Crippen LogP contribution is -2.41. The number of likely N-dealkylation sites (tertiary alicyclic amines) is 1. The zero-order valence-corrected chi connectivity index (χ0v) is 12.8. The van der Waals surface area contributed by atoms with Gasteiger partial charge in [-0.05, 0) is 70.6 Å². The second kappa shape index (κ2) is 6.05. The molecule has 4 rings (SSSR count). The van der Waals surface area contributed by atoms with E-state index in [1.165, 1.54) is 71.2 Å². The molecule has 0 amide bonds. The summed E-state index contributed by atoms with van der Waals surface area (Å²) in [6.07, 6.45) is 7.56. The van der Waals surface area contributed by atoms with Gasteiger partial charge in [-0.2, -0.15) is 4.98 Å². The van der Waals surface area contributed by atoms with Crippen LogP contribution in [0.15, 0.2) is 4.52 Å². The lowest BCUT2D eigenvalue weighted by molar-refractivity contribution is 0.166. The van der Waals surface area contributed by atoms with Crippen LogP contribution in [0.2, 0.25) is 0 Å². The van der Waals surface area contributed by atoms with Crippen molar-refractivity contribution in [2.24, 2.45) is 5.92 Å². The number of hydrogen-bond donors (Lipinski definition) is 1. The quantitative estimate of drug-likeness (QED) is 0.920. The minimum atomic E-state index is 0.516. The summed E-state index contributed by atoms with van der Waals surface area (Å²) in [4.78, 5) is 7.27. The molecule has 0 radical (unpaired) electrons. The van der Waals surface area contributed by atoms with Gasteiger partial charge >= 0.3 is 0 Å². The van der Waals surface area contributed by atoms with Crippen molar-refractivity contribution in [3.05, 3.63) is 11.7 Å². The Morgan fingerprint density at radius 3 is 2.67 bits per heavy atom. The molecule has 1 saturated carbocycles. The predicted molar refractivity (Wildman–Crippen MR) is 80.3 cm³/mol. The molecular formula is C16H26N4O. The Morgan fingerprint density at radius 2 is 1.95 bits per heavy atom. The fraction of sp³-hybridized carbons (Fsp3) is 0.875. The zero-order valence-electron chi connectivity index (χ0n) is 12.8. The molecule has 2 aliphatic heterocycles. The van der Waals surface area contributed by atoms with Gasteiger partial charge in [-0.15, -0.1) is 0 Å². The van der Waals surface area contributed by atoms with Crippen LogP contribution in [0.3, 0.4) is 0 Å². The van der Waals surface area contributed by atoms with Gasteiger partial charge in [-0.1, -0.05) is 5.16 Å². The predicted octanol–water partition coefficient (Wildman–Crippen LogP) is 2.13. The average Bonchev–Trinajstić information content (AvgIpc) is 3.27. The molecule has 3 heterocycles. The molecule has 1 aliphatic carbocycles. The molecule has 1 atom stereocenters. The van der Waals surface area contributed by atoms with Crippen molar-refractivity contribution in [3.8, 4) is 0 Å². The average molecular weight is 290 g/mol. The van der Waals surface area contributed by atoms with Crippen LogP contribution in [0.5, 0.6) is 0 Å². The summed E-state index contributed by atoms with van der Waals surface area (Å²) in [5, 5.41) is 7.75. The summed E-state index contributed by atoms with van der Waals surface area (Å²) in [5.74, 6) is 3.80. The van der Waals surface area contributed by atoms with Crippen LogP contribution in [0.25, 0.3) is 0 Å². The Morgan fingerprint density at radius 1 is 1.10 bits per heavy atom. The first-order valence-corrected chi connectivity index (χ1v) is 8.65. The molecule has 1 unspecified atom stereocenters. The second-order valence-corrected chi connectivity index (χ2v) is 7.05. The SMILES string of the molecule is C1CNCC(CN2CCC(c3noc(C4CC4)n3)CC2)C1. The van der Waals surface area contributed by atoms with E-state index < -0.39 is 0 Å². The van der Waals surface area contributed by atoms with Crippen LogP contribution < -0.4 is 5.32 Å². The molecule has 1 N–H and O–H groups in total. The molecule has 0 bridgehead atoms. The Balaban J connectivity index is 1.27. The minimum absolute atomic E-state index is 0.516. The molecule has 1 aromatic heterocycles. The van der Waals surface area contributed by atoms with Crippen LogP contribution in [-0.4, -0.2) is 47.8 Å². The molecule has 21 heavy (non-hydrogen) atoms. The van der Waals surface area contributed by atoms with Gasteiger partial charge in [-0.3, -0.25) is 0 Å². The van der Waals surface area contributed by atoms with Crippen molar-refractivity contribution in [3.63, 3.8) is 0 Å². The van der Waals surface area contributed by atoms with Gasteiger partial charge in [-0.25, -0.2) is 0 Å². The van der Waals surface area contributed by atoms with Crippen LogP contribution in [-0.2, 0) is 0 Å². The lowest BCUT2D eigenvalue weighted by atomic mass is 9.93. The van der Waals surface area contributed by atoms with E-state index in [0.717, 1.165) is 17.6 Å². The fourth-order valence-corrected chi connectivity index (χ4v) is 3.73.